The number of hydrogen-bond donors (Lipinski definition) is 1. The molecule has 4 nitrogen and oxygen atoms in total. The second-order valence-corrected chi connectivity index (χ2v) is 5.06. The van der Waals surface area contributed by atoms with Gasteiger partial charge in [-0.1, -0.05) is 62.4 Å². The van der Waals surface area contributed by atoms with Gasteiger partial charge in [-0.25, -0.2) is 0 Å². The van der Waals surface area contributed by atoms with Gasteiger partial charge in [-0.3, -0.25) is 0 Å². The van der Waals surface area contributed by atoms with Gasteiger partial charge in [0.15, 0.2) is 0 Å². The average molecular weight is 279 g/mol. The van der Waals surface area contributed by atoms with Crippen molar-refractivity contribution in [3.8, 4) is 5.75 Å². The molecular formula is C16H25NO3. The third-order valence-corrected chi connectivity index (χ3v) is 3.28. The highest BCUT2D eigenvalue weighted by atomic mass is 16.5. The molecule has 0 aliphatic heterocycles. The number of para-hydroxylation sites is 1. The van der Waals surface area contributed by atoms with Gasteiger partial charge in [0.05, 0.1) is 6.10 Å². The van der Waals surface area contributed by atoms with Gasteiger partial charge in [0.2, 0.25) is 0 Å². The molecule has 0 aliphatic carbocycles. The minimum atomic E-state index is -0.450. The van der Waals surface area contributed by atoms with E-state index in [1.54, 1.807) is 6.07 Å². The molecule has 0 amide bonds. The van der Waals surface area contributed by atoms with Crippen molar-refractivity contribution in [1.82, 2.24) is 0 Å². The lowest BCUT2D eigenvalue weighted by Crippen LogP contribution is -2.17. The number of nitrogens with zero attached hydrogens (tertiary/aromatic N) is 1. The lowest BCUT2D eigenvalue weighted by molar-refractivity contribution is 0.0970. The van der Waals surface area contributed by atoms with Crippen LogP contribution in [0.2, 0.25) is 0 Å². The highest BCUT2D eigenvalue weighted by Crippen LogP contribution is 2.19. The van der Waals surface area contributed by atoms with E-state index in [9.17, 15) is 10.0 Å². The van der Waals surface area contributed by atoms with Crippen LogP contribution in [0.15, 0.2) is 29.4 Å². The molecule has 112 valence electrons. The molecule has 0 spiro atoms. The molecule has 0 heterocycles. The molecule has 1 unspecified atom stereocenters. The predicted octanol–water partition coefficient (Wildman–Crippen LogP) is 4.05. The van der Waals surface area contributed by atoms with Gasteiger partial charge >= 0.3 is 0 Å². The molecule has 0 aliphatic rings. The third kappa shape index (κ3) is 6.66. The van der Waals surface area contributed by atoms with Gasteiger partial charge in [-0.05, 0) is 12.5 Å². The second-order valence-electron chi connectivity index (χ2n) is 5.06. The van der Waals surface area contributed by atoms with E-state index in [1.807, 2.05) is 18.2 Å². The fourth-order valence-corrected chi connectivity index (χ4v) is 2.10. The summed E-state index contributed by atoms with van der Waals surface area (Å²) < 4.78 is 5.58. The van der Waals surface area contributed by atoms with E-state index in [0.29, 0.717) is 5.75 Å². The number of aliphatic hydroxyl groups is 1. The molecule has 1 rings (SSSR count). The fourth-order valence-electron chi connectivity index (χ4n) is 2.10. The SMILES string of the molecule is CCCCCCCC(O)COc1ccccc1CN=O. The zero-order chi connectivity index (χ0) is 14.6. The van der Waals surface area contributed by atoms with E-state index in [1.165, 1.54) is 19.3 Å². The Morgan fingerprint density at radius 2 is 1.95 bits per heavy atom. The van der Waals surface area contributed by atoms with Gasteiger partial charge in [-0.2, -0.15) is 4.91 Å². The summed E-state index contributed by atoms with van der Waals surface area (Å²) in [6, 6.07) is 7.31. The third-order valence-electron chi connectivity index (χ3n) is 3.28. The second kappa shape index (κ2) is 10.4. The van der Waals surface area contributed by atoms with Crippen LogP contribution in [0.25, 0.3) is 0 Å². The largest absolute Gasteiger partial charge is 0.491 e. The molecule has 0 aromatic heterocycles. The predicted molar refractivity (Wildman–Crippen MR) is 80.8 cm³/mol. The van der Waals surface area contributed by atoms with Crippen molar-refractivity contribution in [3.05, 3.63) is 34.7 Å². The summed E-state index contributed by atoms with van der Waals surface area (Å²) in [7, 11) is 0. The number of aliphatic hydroxyl groups excluding tert-OH is 1. The molecule has 1 aromatic rings. The number of nitroso groups, excluding NO2 is 1. The summed E-state index contributed by atoms with van der Waals surface area (Å²) in [6.45, 7) is 2.56. The molecule has 4 heteroatoms. The van der Waals surface area contributed by atoms with Crippen molar-refractivity contribution < 1.29 is 9.84 Å². The van der Waals surface area contributed by atoms with Crippen LogP contribution in [0.5, 0.6) is 5.75 Å². The Morgan fingerprint density at radius 1 is 1.20 bits per heavy atom. The van der Waals surface area contributed by atoms with E-state index >= 15 is 0 Å². The van der Waals surface area contributed by atoms with E-state index in [4.69, 9.17) is 4.74 Å². The fraction of sp³-hybridized carbons (Fsp3) is 0.625. The van der Waals surface area contributed by atoms with Crippen LogP contribution in [0, 0.1) is 4.91 Å². The minimum absolute atomic E-state index is 0.100. The molecule has 1 aromatic carbocycles. The van der Waals surface area contributed by atoms with Crippen molar-refractivity contribution in [2.45, 2.75) is 58.1 Å². The monoisotopic (exact) mass is 279 g/mol. The molecule has 0 fully saturated rings. The van der Waals surface area contributed by atoms with E-state index in [-0.39, 0.29) is 13.2 Å². The molecular weight excluding hydrogens is 254 g/mol. The first-order valence-electron chi connectivity index (χ1n) is 7.45. The van der Waals surface area contributed by atoms with Crippen LogP contribution in [-0.2, 0) is 6.54 Å². The quantitative estimate of drug-likeness (QED) is 0.491. The van der Waals surface area contributed by atoms with Gasteiger partial charge in [-0.15, -0.1) is 0 Å². The summed E-state index contributed by atoms with van der Waals surface area (Å²) in [5, 5.41) is 12.8. The minimum Gasteiger partial charge on any atom is -0.491 e. The normalized spacial score (nSPS) is 12.1. The Hall–Kier alpha value is -1.42. The molecule has 0 saturated carbocycles. The first-order chi connectivity index (χ1) is 9.77. The Balaban J connectivity index is 2.26. The van der Waals surface area contributed by atoms with Crippen LogP contribution in [0.3, 0.4) is 0 Å². The molecule has 0 bridgehead atoms. The van der Waals surface area contributed by atoms with Crippen molar-refractivity contribution in [2.24, 2.45) is 5.18 Å². The molecule has 20 heavy (non-hydrogen) atoms. The van der Waals surface area contributed by atoms with Crippen molar-refractivity contribution in [3.63, 3.8) is 0 Å². The zero-order valence-electron chi connectivity index (χ0n) is 12.3. The van der Waals surface area contributed by atoms with Gasteiger partial charge < -0.3 is 9.84 Å². The van der Waals surface area contributed by atoms with E-state index in [2.05, 4.69) is 12.1 Å². The molecule has 0 saturated heterocycles. The first-order valence-corrected chi connectivity index (χ1v) is 7.45. The Kier molecular flexibility index (Phi) is 8.63. The maximum absolute atomic E-state index is 10.3. The van der Waals surface area contributed by atoms with Crippen molar-refractivity contribution in [1.29, 1.82) is 0 Å². The zero-order valence-corrected chi connectivity index (χ0v) is 12.3. The summed E-state index contributed by atoms with van der Waals surface area (Å²) in [4.78, 5) is 10.3. The molecule has 1 atom stereocenters. The number of benzene rings is 1. The summed E-state index contributed by atoms with van der Waals surface area (Å²) in [6.07, 6.45) is 6.23. The maximum Gasteiger partial charge on any atom is 0.124 e. The van der Waals surface area contributed by atoms with Crippen LogP contribution < -0.4 is 4.74 Å². The van der Waals surface area contributed by atoms with Crippen LogP contribution in [-0.4, -0.2) is 17.8 Å². The van der Waals surface area contributed by atoms with Gasteiger partial charge in [0.25, 0.3) is 0 Å². The highest BCUT2D eigenvalue weighted by Gasteiger charge is 2.08. The first kappa shape index (κ1) is 16.6. The highest BCUT2D eigenvalue weighted by molar-refractivity contribution is 5.33. The number of rotatable bonds is 11. The summed E-state index contributed by atoms with van der Waals surface area (Å²) in [5.41, 5.74) is 0.762. The summed E-state index contributed by atoms with van der Waals surface area (Å²) in [5.74, 6) is 0.636. The standard InChI is InChI=1S/C16H25NO3/c1-2-3-4-5-6-10-15(18)13-20-16-11-8-7-9-14(16)12-17-19/h7-9,11,15,18H,2-6,10,12-13H2,1H3. The Bertz CT molecular complexity index is 382. The lowest BCUT2D eigenvalue weighted by atomic mass is 10.1. The molecule has 0 radical (unpaired) electrons. The molecule has 1 N–H and O–H groups in total. The number of unbranched alkanes of at least 4 members (excludes halogenated alkanes) is 4. The lowest BCUT2D eigenvalue weighted by Gasteiger charge is -2.14. The van der Waals surface area contributed by atoms with Crippen molar-refractivity contribution >= 4 is 0 Å². The van der Waals surface area contributed by atoms with Gasteiger partial charge in [0, 0.05) is 5.56 Å². The van der Waals surface area contributed by atoms with Crippen LogP contribution >= 0.6 is 0 Å². The average Bonchev–Trinajstić information content (AvgIpc) is 2.46. The smallest absolute Gasteiger partial charge is 0.124 e. The topological polar surface area (TPSA) is 58.9 Å². The summed E-state index contributed by atoms with van der Waals surface area (Å²) >= 11 is 0. The van der Waals surface area contributed by atoms with E-state index in [0.717, 1.165) is 24.8 Å². The van der Waals surface area contributed by atoms with E-state index < -0.39 is 6.10 Å². The van der Waals surface area contributed by atoms with Gasteiger partial charge in [0.1, 0.15) is 18.9 Å². The maximum atomic E-state index is 10.3. The number of hydrogen-bond acceptors (Lipinski definition) is 4. The number of ether oxygens (including phenoxy) is 1. The van der Waals surface area contributed by atoms with Crippen molar-refractivity contribution in [2.75, 3.05) is 6.61 Å². The van der Waals surface area contributed by atoms with Crippen LogP contribution in [0.4, 0.5) is 0 Å². The Labute approximate surface area is 121 Å². The Morgan fingerprint density at radius 3 is 2.70 bits per heavy atom. The van der Waals surface area contributed by atoms with Crippen LogP contribution in [0.1, 0.15) is 51.0 Å².